The summed E-state index contributed by atoms with van der Waals surface area (Å²) in [6.07, 6.45) is 3.63. The zero-order valence-corrected chi connectivity index (χ0v) is 10.2. The molecule has 0 saturated carbocycles. The second kappa shape index (κ2) is 4.51. The number of rotatable bonds is 3. The van der Waals surface area contributed by atoms with Gasteiger partial charge in [0.15, 0.2) is 0 Å². The molecule has 0 spiro atoms. The third kappa shape index (κ3) is 2.51. The van der Waals surface area contributed by atoms with Crippen molar-refractivity contribution in [2.75, 3.05) is 7.05 Å². The maximum Gasteiger partial charge on any atom is 0.255 e. The van der Waals surface area contributed by atoms with Crippen molar-refractivity contribution in [2.24, 2.45) is 0 Å². The highest BCUT2D eigenvalue weighted by Gasteiger charge is 2.26. The molecule has 0 atom stereocenters. The minimum absolute atomic E-state index is 0.00792. The summed E-state index contributed by atoms with van der Waals surface area (Å²) in [6.45, 7) is 6.03. The van der Waals surface area contributed by atoms with Gasteiger partial charge in [-0.15, -0.1) is 0 Å². The molecule has 1 aromatic heterocycles. The Hall–Kier alpha value is -1.58. The number of hydrogen-bond acceptors (Lipinski definition) is 3. The van der Waals surface area contributed by atoms with E-state index in [1.54, 1.807) is 11.9 Å². The fourth-order valence-electron chi connectivity index (χ4n) is 1.25. The van der Waals surface area contributed by atoms with Crippen LogP contribution in [0.25, 0.3) is 0 Å². The molecule has 0 fully saturated rings. The molecule has 4 nitrogen and oxygen atoms in total. The second-order valence-corrected chi connectivity index (χ2v) is 4.46. The molecule has 0 aliphatic rings. The molecule has 0 saturated heterocycles. The maximum absolute atomic E-state index is 12.1. The monoisotopic (exact) mass is 222 g/mol. The smallest absolute Gasteiger partial charge is 0.255 e. The van der Waals surface area contributed by atoms with Crippen LogP contribution in [0.15, 0.2) is 18.5 Å². The normalized spacial score (nSPS) is 11.2. The summed E-state index contributed by atoms with van der Waals surface area (Å²) in [5.74, 6) is -0.121. The van der Waals surface area contributed by atoms with Crippen molar-refractivity contribution >= 4 is 5.91 Å². The first kappa shape index (κ1) is 12.5. The molecule has 1 N–H and O–H groups in total. The van der Waals surface area contributed by atoms with Gasteiger partial charge in [0.05, 0.1) is 11.8 Å². The van der Waals surface area contributed by atoms with Crippen LogP contribution in [0.3, 0.4) is 0 Å². The average Bonchev–Trinajstić information content (AvgIpc) is 2.27. The molecule has 1 heterocycles. The fourth-order valence-corrected chi connectivity index (χ4v) is 1.25. The van der Waals surface area contributed by atoms with Gasteiger partial charge in [0, 0.05) is 18.8 Å². The SMILES string of the molecule is CCC(C)(C)N(C)C(=O)c1cncc(O)c1. The summed E-state index contributed by atoms with van der Waals surface area (Å²) in [6, 6.07) is 1.43. The van der Waals surface area contributed by atoms with Gasteiger partial charge >= 0.3 is 0 Å². The molecule has 1 aromatic rings. The quantitative estimate of drug-likeness (QED) is 0.851. The van der Waals surface area contributed by atoms with Crippen LogP contribution in [-0.4, -0.2) is 33.5 Å². The molecule has 4 heteroatoms. The van der Waals surface area contributed by atoms with Crippen molar-refractivity contribution in [3.8, 4) is 5.75 Å². The summed E-state index contributed by atoms with van der Waals surface area (Å²) < 4.78 is 0. The van der Waals surface area contributed by atoms with E-state index in [0.717, 1.165) is 6.42 Å². The predicted molar refractivity (Wildman–Crippen MR) is 62.4 cm³/mol. The third-order valence-corrected chi connectivity index (χ3v) is 3.05. The summed E-state index contributed by atoms with van der Waals surface area (Å²) >= 11 is 0. The molecular weight excluding hydrogens is 204 g/mol. The van der Waals surface area contributed by atoms with Gasteiger partial charge in [-0.3, -0.25) is 9.78 Å². The standard InChI is InChI=1S/C12H18N2O2/c1-5-12(2,3)14(4)11(16)9-6-10(15)8-13-7-9/h6-8,15H,5H2,1-4H3. The van der Waals surface area contributed by atoms with Gasteiger partial charge in [-0.1, -0.05) is 6.92 Å². The van der Waals surface area contributed by atoms with Gasteiger partial charge in [0.25, 0.3) is 5.91 Å². The number of hydrogen-bond donors (Lipinski definition) is 1. The largest absolute Gasteiger partial charge is 0.506 e. The van der Waals surface area contributed by atoms with Crippen LogP contribution in [0.1, 0.15) is 37.6 Å². The summed E-state index contributed by atoms with van der Waals surface area (Å²) in [7, 11) is 1.76. The Bertz CT molecular complexity index is 388. The Balaban J connectivity index is 2.95. The van der Waals surface area contributed by atoms with Crippen molar-refractivity contribution < 1.29 is 9.90 Å². The van der Waals surface area contributed by atoms with E-state index < -0.39 is 0 Å². The van der Waals surface area contributed by atoms with E-state index in [1.807, 2.05) is 20.8 Å². The lowest BCUT2D eigenvalue weighted by molar-refractivity contribution is 0.0619. The highest BCUT2D eigenvalue weighted by molar-refractivity contribution is 5.94. The molecule has 88 valence electrons. The number of carbonyl (C=O) groups excluding carboxylic acids is 1. The van der Waals surface area contributed by atoms with Gasteiger partial charge in [0.1, 0.15) is 5.75 Å². The van der Waals surface area contributed by atoms with Crippen LogP contribution in [-0.2, 0) is 0 Å². The van der Waals surface area contributed by atoms with Gasteiger partial charge in [0.2, 0.25) is 0 Å². The highest BCUT2D eigenvalue weighted by Crippen LogP contribution is 2.20. The fraction of sp³-hybridized carbons (Fsp3) is 0.500. The molecule has 0 aliphatic heterocycles. The van der Waals surface area contributed by atoms with Crippen molar-refractivity contribution in [3.05, 3.63) is 24.0 Å². The minimum atomic E-state index is -0.206. The van der Waals surface area contributed by atoms with E-state index >= 15 is 0 Å². The Morgan fingerprint density at radius 1 is 1.50 bits per heavy atom. The Labute approximate surface area is 95.9 Å². The third-order valence-electron chi connectivity index (χ3n) is 3.05. The lowest BCUT2D eigenvalue weighted by atomic mass is 9.99. The number of pyridine rings is 1. The van der Waals surface area contributed by atoms with Crippen LogP contribution >= 0.6 is 0 Å². The Morgan fingerprint density at radius 2 is 2.12 bits per heavy atom. The zero-order chi connectivity index (χ0) is 12.3. The first-order valence-corrected chi connectivity index (χ1v) is 5.30. The lowest BCUT2D eigenvalue weighted by Crippen LogP contribution is -2.44. The molecule has 1 amide bonds. The van der Waals surface area contributed by atoms with E-state index in [2.05, 4.69) is 4.98 Å². The molecule has 0 radical (unpaired) electrons. The van der Waals surface area contributed by atoms with Crippen molar-refractivity contribution in [3.63, 3.8) is 0 Å². The Kier molecular flexibility index (Phi) is 3.52. The minimum Gasteiger partial charge on any atom is -0.506 e. The molecule has 1 rings (SSSR count). The van der Waals surface area contributed by atoms with Gasteiger partial charge in [-0.05, 0) is 26.3 Å². The zero-order valence-electron chi connectivity index (χ0n) is 10.2. The lowest BCUT2D eigenvalue weighted by Gasteiger charge is -2.34. The number of nitrogens with zero attached hydrogens (tertiary/aromatic N) is 2. The predicted octanol–water partition coefficient (Wildman–Crippen LogP) is 2.05. The van der Waals surface area contributed by atoms with E-state index in [-0.39, 0.29) is 17.2 Å². The van der Waals surface area contributed by atoms with Gasteiger partial charge in [-0.25, -0.2) is 0 Å². The van der Waals surface area contributed by atoms with E-state index in [0.29, 0.717) is 5.56 Å². The van der Waals surface area contributed by atoms with Gasteiger partial charge < -0.3 is 10.0 Å². The van der Waals surface area contributed by atoms with Crippen molar-refractivity contribution in [1.29, 1.82) is 0 Å². The topological polar surface area (TPSA) is 53.4 Å². The molecule has 0 bridgehead atoms. The molecule has 0 unspecified atom stereocenters. The van der Waals surface area contributed by atoms with E-state index in [1.165, 1.54) is 18.5 Å². The second-order valence-electron chi connectivity index (χ2n) is 4.46. The molecule has 16 heavy (non-hydrogen) atoms. The van der Waals surface area contributed by atoms with Crippen LogP contribution < -0.4 is 0 Å². The Morgan fingerprint density at radius 3 is 2.62 bits per heavy atom. The maximum atomic E-state index is 12.1. The summed E-state index contributed by atoms with van der Waals surface area (Å²) in [5.41, 5.74) is 0.201. The summed E-state index contributed by atoms with van der Waals surface area (Å²) in [5, 5.41) is 9.27. The van der Waals surface area contributed by atoms with E-state index in [9.17, 15) is 9.90 Å². The van der Waals surface area contributed by atoms with E-state index in [4.69, 9.17) is 0 Å². The number of carbonyl (C=O) groups is 1. The number of aromatic nitrogens is 1. The molecular formula is C12H18N2O2. The van der Waals surface area contributed by atoms with Gasteiger partial charge in [-0.2, -0.15) is 0 Å². The van der Waals surface area contributed by atoms with Crippen molar-refractivity contribution in [2.45, 2.75) is 32.7 Å². The summed E-state index contributed by atoms with van der Waals surface area (Å²) in [4.78, 5) is 17.5. The van der Waals surface area contributed by atoms with Crippen LogP contribution in [0.5, 0.6) is 5.75 Å². The van der Waals surface area contributed by atoms with Crippen LogP contribution in [0.2, 0.25) is 0 Å². The van der Waals surface area contributed by atoms with Crippen LogP contribution in [0.4, 0.5) is 0 Å². The van der Waals surface area contributed by atoms with Crippen LogP contribution in [0, 0.1) is 0 Å². The number of amides is 1. The first-order chi connectivity index (χ1) is 7.38. The highest BCUT2D eigenvalue weighted by atomic mass is 16.3. The van der Waals surface area contributed by atoms with Crippen molar-refractivity contribution in [1.82, 2.24) is 9.88 Å². The average molecular weight is 222 g/mol. The molecule has 0 aromatic carbocycles. The number of aromatic hydroxyl groups is 1. The molecule has 0 aliphatic carbocycles. The first-order valence-electron chi connectivity index (χ1n) is 5.30.